The Morgan fingerprint density at radius 1 is 0.451 bits per heavy atom. The molecule has 3 aliphatic rings. The van der Waals surface area contributed by atoms with Crippen LogP contribution in [0.4, 0.5) is 0 Å². The number of hydrogen-bond acceptors (Lipinski definition) is 18. The Kier molecular flexibility index (Phi) is 40.8. The number of ether oxygens (including phenoxy) is 6. The average molecular weight is 1170 g/mol. The molecule has 12 N–H and O–H groups in total. The van der Waals surface area contributed by atoms with Gasteiger partial charge in [-0.2, -0.15) is 0 Å². The summed E-state index contributed by atoms with van der Waals surface area (Å²) < 4.78 is 34.2. The van der Waals surface area contributed by atoms with Crippen LogP contribution in [0.2, 0.25) is 0 Å². The topological polar surface area (TPSA) is 307 Å². The molecule has 0 saturated carbocycles. The molecule has 17 atom stereocenters. The fourth-order valence-corrected chi connectivity index (χ4v) is 10.2. The van der Waals surface area contributed by atoms with Crippen molar-refractivity contribution in [3.63, 3.8) is 0 Å². The molecular weight excluding hydrogens is 1060 g/mol. The van der Waals surface area contributed by atoms with Crippen LogP contribution in [-0.2, 0) is 33.2 Å². The van der Waals surface area contributed by atoms with Crippen molar-refractivity contribution in [3.8, 4) is 0 Å². The van der Waals surface area contributed by atoms with Gasteiger partial charge in [-0.1, -0.05) is 196 Å². The molecule has 0 spiro atoms. The van der Waals surface area contributed by atoms with E-state index in [1.54, 1.807) is 6.08 Å². The van der Waals surface area contributed by atoms with E-state index in [1.807, 2.05) is 18.2 Å². The standard InChI is InChI=1S/C63H109NO18/c1-3-5-7-9-11-13-15-17-18-19-20-21-22-23-24-25-26-27-29-30-32-34-36-38-40-47(68)46(64-51(69)41-39-37-35-33-31-28-16-14-12-10-8-6-4-2)45-77-61-57(75)54(72)59(49(43-66)79-61)82-63-58(76)55(73)60(50(44-67)80-63)81-62-56(74)53(71)52(70)48(42-65)78-62/h6,8,12,14,28,30-32,35,37-38,40,46-50,52-63,65-68,70-76H,3-5,7,9-11,13,15-27,29,33-34,36,39,41-45H2,1-2H3,(H,64,69)/b8-6-,14-12-,31-28-,32-30+,37-35-,40-38+. The van der Waals surface area contributed by atoms with E-state index in [4.69, 9.17) is 28.4 Å². The lowest BCUT2D eigenvalue weighted by Gasteiger charge is -2.48. The number of carbonyl (C=O) groups is 1. The molecule has 3 heterocycles. The van der Waals surface area contributed by atoms with Crippen molar-refractivity contribution in [2.75, 3.05) is 26.4 Å². The van der Waals surface area contributed by atoms with Crippen LogP contribution < -0.4 is 5.32 Å². The summed E-state index contributed by atoms with van der Waals surface area (Å²) >= 11 is 0. The summed E-state index contributed by atoms with van der Waals surface area (Å²) in [4.78, 5) is 13.3. The van der Waals surface area contributed by atoms with Gasteiger partial charge in [-0.3, -0.25) is 4.79 Å². The highest BCUT2D eigenvalue weighted by Crippen LogP contribution is 2.33. The van der Waals surface area contributed by atoms with Gasteiger partial charge in [0.2, 0.25) is 5.91 Å². The number of rotatable bonds is 45. The Morgan fingerprint density at radius 3 is 1.35 bits per heavy atom. The van der Waals surface area contributed by atoms with Crippen molar-refractivity contribution in [1.82, 2.24) is 5.32 Å². The van der Waals surface area contributed by atoms with Crippen LogP contribution in [0.5, 0.6) is 0 Å². The van der Waals surface area contributed by atoms with Crippen LogP contribution in [0.1, 0.15) is 187 Å². The van der Waals surface area contributed by atoms with Crippen LogP contribution in [0.3, 0.4) is 0 Å². The second-order valence-corrected chi connectivity index (χ2v) is 22.1. The molecule has 17 unspecified atom stereocenters. The summed E-state index contributed by atoms with van der Waals surface area (Å²) in [7, 11) is 0. The maximum absolute atomic E-state index is 13.3. The van der Waals surface area contributed by atoms with E-state index in [-0.39, 0.29) is 12.3 Å². The van der Waals surface area contributed by atoms with Gasteiger partial charge in [-0.05, 0) is 57.8 Å². The summed E-state index contributed by atoms with van der Waals surface area (Å²) in [5.41, 5.74) is 0. The SMILES string of the molecule is CC/C=C\C/C=C\C/C=C\C/C=C\CCC(=O)NC(COC1OC(CO)C(OC2OC(CO)C(OC3OC(CO)C(O)C(O)C3O)C(O)C2O)C(O)C1O)C(O)/C=C/CC/C=C/CCCCCCCCCCCCCCCCCCCC. The fraction of sp³-hybridized carbons (Fsp3) is 0.794. The van der Waals surface area contributed by atoms with Gasteiger partial charge in [0.1, 0.15) is 73.2 Å². The predicted molar refractivity (Wildman–Crippen MR) is 314 cm³/mol. The third kappa shape index (κ3) is 28.6. The zero-order valence-corrected chi connectivity index (χ0v) is 49.4. The minimum atomic E-state index is -1.99. The van der Waals surface area contributed by atoms with Crippen molar-refractivity contribution in [2.24, 2.45) is 0 Å². The Bertz CT molecular complexity index is 1780. The van der Waals surface area contributed by atoms with E-state index in [0.29, 0.717) is 19.3 Å². The van der Waals surface area contributed by atoms with Crippen molar-refractivity contribution in [2.45, 2.75) is 291 Å². The van der Waals surface area contributed by atoms with Gasteiger partial charge < -0.3 is 89.9 Å². The predicted octanol–water partition coefficient (Wildman–Crippen LogP) is 6.21. The highest BCUT2D eigenvalue weighted by molar-refractivity contribution is 5.76. The van der Waals surface area contributed by atoms with Crippen LogP contribution in [-0.4, -0.2) is 193 Å². The Morgan fingerprint density at radius 2 is 0.854 bits per heavy atom. The Labute approximate surface area is 489 Å². The number of allylic oxidation sites excluding steroid dienone is 11. The molecule has 3 rings (SSSR count). The zero-order chi connectivity index (χ0) is 59.7. The number of aliphatic hydroxyl groups is 11. The summed E-state index contributed by atoms with van der Waals surface area (Å²) in [5, 5.41) is 120. The maximum Gasteiger partial charge on any atom is 0.220 e. The molecule has 19 heteroatoms. The van der Waals surface area contributed by atoms with E-state index < -0.39 is 131 Å². The molecule has 0 aliphatic carbocycles. The fourth-order valence-electron chi connectivity index (χ4n) is 10.2. The van der Waals surface area contributed by atoms with Gasteiger partial charge in [0.15, 0.2) is 18.9 Å². The van der Waals surface area contributed by atoms with Crippen molar-refractivity contribution in [3.05, 3.63) is 72.9 Å². The van der Waals surface area contributed by atoms with Crippen molar-refractivity contribution >= 4 is 5.91 Å². The maximum atomic E-state index is 13.3. The molecule has 0 radical (unpaired) electrons. The summed E-state index contributed by atoms with van der Waals surface area (Å²) in [5.74, 6) is -0.367. The van der Waals surface area contributed by atoms with Gasteiger partial charge in [-0.25, -0.2) is 0 Å². The lowest BCUT2D eigenvalue weighted by molar-refractivity contribution is -0.379. The smallest absolute Gasteiger partial charge is 0.220 e. The first-order valence-electron chi connectivity index (χ1n) is 31.2. The van der Waals surface area contributed by atoms with Crippen LogP contribution in [0.15, 0.2) is 72.9 Å². The molecule has 0 bridgehead atoms. The van der Waals surface area contributed by atoms with Gasteiger partial charge >= 0.3 is 0 Å². The van der Waals surface area contributed by atoms with E-state index in [1.165, 1.54) is 109 Å². The van der Waals surface area contributed by atoms with E-state index in [2.05, 4.69) is 67.8 Å². The van der Waals surface area contributed by atoms with E-state index in [9.17, 15) is 61.0 Å². The van der Waals surface area contributed by atoms with Crippen molar-refractivity contribution < 1.29 is 89.4 Å². The lowest BCUT2D eigenvalue weighted by Crippen LogP contribution is -2.66. The first-order valence-corrected chi connectivity index (χ1v) is 31.2. The summed E-state index contributed by atoms with van der Waals surface area (Å²) in [6.07, 6.45) is 27.8. The number of aliphatic hydroxyl groups excluding tert-OH is 11. The Balaban J connectivity index is 1.49. The molecule has 0 aromatic rings. The molecule has 19 nitrogen and oxygen atoms in total. The van der Waals surface area contributed by atoms with Crippen LogP contribution in [0, 0.1) is 0 Å². The largest absolute Gasteiger partial charge is 0.394 e. The quantitative estimate of drug-likeness (QED) is 0.0238. The molecule has 3 saturated heterocycles. The molecule has 0 aromatic heterocycles. The normalized spacial score (nSPS) is 30.1. The molecule has 1 amide bonds. The van der Waals surface area contributed by atoms with E-state index >= 15 is 0 Å². The molecule has 0 aromatic carbocycles. The highest BCUT2D eigenvalue weighted by Gasteiger charge is 2.53. The van der Waals surface area contributed by atoms with Gasteiger partial charge in [0, 0.05) is 6.42 Å². The van der Waals surface area contributed by atoms with Gasteiger partial charge in [0.05, 0.1) is 38.6 Å². The summed E-state index contributed by atoms with van der Waals surface area (Å²) in [6, 6.07) is -1.03. The third-order valence-corrected chi connectivity index (χ3v) is 15.3. The number of hydrogen-bond donors (Lipinski definition) is 12. The molecule has 3 fully saturated rings. The third-order valence-electron chi connectivity index (χ3n) is 15.3. The highest BCUT2D eigenvalue weighted by atomic mass is 16.8. The molecule has 82 heavy (non-hydrogen) atoms. The first kappa shape index (κ1) is 73.5. The van der Waals surface area contributed by atoms with E-state index in [0.717, 1.165) is 38.5 Å². The minimum Gasteiger partial charge on any atom is -0.394 e. The number of amides is 1. The minimum absolute atomic E-state index is 0.111. The van der Waals surface area contributed by atoms with Crippen molar-refractivity contribution in [1.29, 1.82) is 0 Å². The second kappa shape index (κ2) is 45.5. The average Bonchev–Trinajstić information content (AvgIpc) is 3.42. The number of nitrogens with one attached hydrogen (secondary N) is 1. The first-order chi connectivity index (χ1) is 39.8. The molecule has 3 aliphatic heterocycles. The monoisotopic (exact) mass is 1170 g/mol. The second-order valence-electron chi connectivity index (χ2n) is 22.1. The lowest BCUT2D eigenvalue weighted by atomic mass is 9.96. The zero-order valence-electron chi connectivity index (χ0n) is 49.4. The number of unbranched alkanes of at least 4 members (excludes halogenated alkanes) is 19. The number of carbonyl (C=O) groups excluding carboxylic acids is 1. The Hall–Kier alpha value is -2.77. The van der Waals surface area contributed by atoms with Crippen LogP contribution in [0.25, 0.3) is 0 Å². The van der Waals surface area contributed by atoms with Gasteiger partial charge in [-0.15, -0.1) is 0 Å². The molecule has 474 valence electrons. The molecular formula is C63H109NO18. The summed E-state index contributed by atoms with van der Waals surface area (Å²) in [6.45, 7) is 1.52. The van der Waals surface area contributed by atoms with Crippen LogP contribution >= 0.6 is 0 Å². The van der Waals surface area contributed by atoms with Gasteiger partial charge in [0.25, 0.3) is 0 Å².